The minimum atomic E-state index is -1.03. The van der Waals surface area contributed by atoms with Crippen LogP contribution < -0.4 is 11.1 Å². The van der Waals surface area contributed by atoms with Gasteiger partial charge in [0, 0.05) is 5.69 Å². The van der Waals surface area contributed by atoms with E-state index in [1.165, 1.54) is 25.3 Å². The molecule has 0 spiro atoms. The number of hydrogen-bond donors (Lipinski definition) is 2. The number of anilines is 1. The Morgan fingerprint density at radius 3 is 2.64 bits per heavy atom. The largest absolute Gasteiger partial charge is 0.469 e. The number of nitriles is 1. The number of aryl methyl sites for hydroxylation is 2. The summed E-state index contributed by atoms with van der Waals surface area (Å²) in [5.74, 6) is -3.46. The van der Waals surface area contributed by atoms with Gasteiger partial charge in [-0.1, -0.05) is 41.6 Å². The van der Waals surface area contributed by atoms with Gasteiger partial charge in [-0.3, -0.25) is 19.3 Å². The molecule has 0 aromatic heterocycles. The molecule has 2 atom stereocenters. The average Bonchev–Trinajstić information content (AvgIpc) is 3.16. The number of fused-ring (bicyclic) bond motifs is 1. The average molecular weight is 507 g/mol. The molecule has 2 aliphatic rings. The Hall–Kier alpha value is -4.10. The molecule has 184 valence electrons. The third-order valence-corrected chi connectivity index (χ3v) is 7.31. The number of methoxy groups -OCH3 is 1. The molecule has 0 radical (unpaired) electrons. The van der Waals surface area contributed by atoms with Gasteiger partial charge in [-0.15, -0.1) is 0 Å². The Kier molecular flexibility index (Phi) is 6.86. The third-order valence-electron chi connectivity index (χ3n) is 6.03. The van der Waals surface area contributed by atoms with Crippen molar-refractivity contribution >= 4 is 35.2 Å². The number of thioether (sulfide) groups is 1. The zero-order chi connectivity index (χ0) is 26.1. The minimum Gasteiger partial charge on any atom is -0.469 e. The lowest BCUT2D eigenvalue weighted by Gasteiger charge is -2.32. The lowest BCUT2D eigenvalue weighted by molar-refractivity contribution is -0.142. The number of nitrogens with one attached hydrogen (secondary N) is 1. The van der Waals surface area contributed by atoms with Gasteiger partial charge in [-0.25, -0.2) is 4.39 Å². The molecule has 3 N–H and O–H groups in total. The maximum Gasteiger partial charge on any atom is 0.307 e. The summed E-state index contributed by atoms with van der Waals surface area (Å²) in [5, 5.41) is 12.2. The molecule has 1 fully saturated rings. The van der Waals surface area contributed by atoms with E-state index in [-0.39, 0.29) is 28.4 Å². The number of esters is 1. The van der Waals surface area contributed by atoms with Crippen LogP contribution in [0.1, 0.15) is 29.0 Å². The summed E-state index contributed by atoms with van der Waals surface area (Å²) < 4.78 is 18.9. The van der Waals surface area contributed by atoms with Gasteiger partial charge in [-0.05, 0) is 43.2 Å². The highest BCUT2D eigenvalue weighted by atomic mass is 32.2. The summed E-state index contributed by atoms with van der Waals surface area (Å²) in [6, 6.07) is 13.1. The van der Waals surface area contributed by atoms with Crippen LogP contribution in [-0.4, -0.2) is 35.0 Å². The van der Waals surface area contributed by atoms with Crippen molar-refractivity contribution in [2.45, 2.75) is 31.4 Å². The number of ether oxygens (including phenoxy) is 1. The smallest absolute Gasteiger partial charge is 0.307 e. The van der Waals surface area contributed by atoms with E-state index >= 15 is 0 Å². The van der Waals surface area contributed by atoms with Gasteiger partial charge in [-0.2, -0.15) is 5.26 Å². The SMILES string of the molecule is COC(=O)C[C@@H]1SC2=C(C(=O)Nc3ccc(C)cc3C)[C@@H](c3cccc(F)c3)C(C#N)=C(N)N2C1=O. The number of hydrogen-bond acceptors (Lipinski definition) is 7. The van der Waals surface area contributed by atoms with Crippen LogP contribution in [0.3, 0.4) is 0 Å². The summed E-state index contributed by atoms with van der Waals surface area (Å²) in [6.07, 6.45) is -0.244. The molecule has 2 amide bonds. The Balaban J connectivity index is 1.89. The molecule has 0 bridgehead atoms. The first-order valence-corrected chi connectivity index (χ1v) is 11.9. The van der Waals surface area contributed by atoms with E-state index in [1.54, 1.807) is 12.1 Å². The van der Waals surface area contributed by atoms with Gasteiger partial charge >= 0.3 is 5.97 Å². The zero-order valence-electron chi connectivity index (χ0n) is 19.8. The van der Waals surface area contributed by atoms with Gasteiger partial charge < -0.3 is 15.8 Å². The molecule has 10 heteroatoms. The van der Waals surface area contributed by atoms with E-state index in [2.05, 4.69) is 5.32 Å². The van der Waals surface area contributed by atoms with Crippen LogP contribution in [0.15, 0.2) is 64.5 Å². The molecule has 2 aromatic carbocycles. The van der Waals surface area contributed by atoms with Crippen LogP contribution >= 0.6 is 11.8 Å². The van der Waals surface area contributed by atoms with Crippen LogP contribution in [-0.2, 0) is 19.1 Å². The van der Waals surface area contributed by atoms with Crippen molar-refractivity contribution in [3.63, 3.8) is 0 Å². The second kappa shape index (κ2) is 9.87. The molecule has 36 heavy (non-hydrogen) atoms. The van der Waals surface area contributed by atoms with Crippen molar-refractivity contribution in [3.8, 4) is 6.07 Å². The van der Waals surface area contributed by atoms with Crippen LogP contribution in [0, 0.1) is 31.0 Å². The summed E-state index contributed by atoms with van der Waals surface area (Å²) >= 11 is 0.996. The van der Waals surface area contributed by atoms with Crippen LogP contribution in [0.4, 0.5) is 10.1 Å². The summed E-state index contributed by atoms with van der Waals surface area (Å²) in [5.41, 5.74) is 8.99. The number of halogens is 1. The number of nitrogens with two attached hydrogens (primary N) is 1. The summed E-state index contributed by atoms with van der Waals surface area (Å²) in [7, 11) is 1.21. The first kappa shape index (κ1) is 25.0. The van der Waals surface area contributed by atoms with Crippen molar-refractivity contribution < 1.29 is 23.5 Å². The van der Waals surface area contributed by atoms with Gasteiger partial charge in [0.1, 0.15) is 16.9 Å². The number of nitrogens with zero attached hydrogens (tertiary/aromatic N) is 2. The quantitative estimate of drug-likeness (QED) is 0.594. The lowest BCUT2D eigenvalue weighted by Crippen LogP contribution is -2.39. The second-order valence-electron chi connectivity index (χ2n) is 8.45. The monoisotopic (exact) mass is 506 g/mol. The van der Waals surface area contributed by atoms with Gasteiger partial charge in [0.05, 0.1) is 41.7 Å². The number of benzene rings is 2. The van der Waals surface area contributed by atoms with E-state index in [4.69, 9.17) is 10.5 Å². The van der Waals surface area contributed by atoms with Crippen molar-refractivity contribution in [1.29, 1.82) is 5.26 Å². The predicted molar refractivity (Wildman–Crippen MR) is 132 cm³/mol. The molecule has 1 saturated heterocycles. The fraction of sp³-hybridized carbons (Fsp3) is 0.231. The van der Waals surface area contributed by atoms with E-state index < -0.39 is 34.8 Å². The van der Waals surface area contributed by atoms with Crippen LogP contribution in [0.5, 0.6) is 0 Å². The number of allylic oxidation sites excluding steroid dienone is 1. The van der Waals surface area contributed by atoms with Crippen LogP contribution in [0.25, 0.3) is 0 Å². The second-order valence-corrected chi connectivity index (χ2v) is 9.64. The number of carbonyl (C=O) groups is 3. The highest BCUT2D eigenvalue weighted by Crippen LogP contribution is 2.50. The molecule has 2 aliphatic heterocycles. The van der Waals surface area contributed by atoms with Gasteiger partial charge in [0.25, 0.3) is 5.91 Å². The molecular weight excluding hydrogens is 483 g/mol. The topological polar surface area (TPSA) is 126 Å². The molecular formula is C26H23FN4O4S. The molecule has 0 unspecified atom stereocenters. The minimum absolute atomic E-state index is 0.0667. The maximum atomic E-state index is 14.2. The first-order chi connectivity index (χ1) is 17.2. The molecule has 0 saturated carbocycles. The van der Waals surface area contributed by atoms with E-state index in [1.807, 2.05) is 32.0 Å². The molecule has 8 nitrogen and oxygen atoms in total. The van der Waals surface area contributed by atoms with Gasteiger partial charge in [0.15, 0.2) is 0 Å². The summed E-state index contributed by atoms with van der Waals surface area (Å²) in [4.78, 5) is 40.1. The van der Waals surface area contributed by atoms with Crippen LogP contribution in [0.2, 0.25) is 0 Å². The summed E-state index contributed by atoms with van der Waals surface area (Å²) in [6.45, 7) is 3.77. The number of rotatable bonds is 5. The zero-order valence-corrected chi connectivity index (χ0v) is 20.6. The highest BCUT2D eigenvalue weighted by molar-refractivity contribution is 8.04. The van der Waals surface area contributed by atoms with Crippen molar-refractivity contribution in [2.24, 2.45) is 5.73 Å². The van der Waals surface area contributed by atoms with E-state index in [0.29, 0.717) is 11.3 Å². The van der Waals surface area contributed by atoms with Crippen molar-refractivity contribution in [3.05, 3.63) is 87.0 Å². The molecule has 2 heterocycles. The fourth-order valence-corrected chi connectivity index (χ4v) is 5.63. The normalized spacial score (nSPS) is 19.2. The Morgan fingerprint density at radius 2 is 2.00 bits per heavy atom. The maximum absolute atomic E-state index is 14.2. The third kappa shape index (κ3) is 4.45. The number of amides is 2. The Morgan fingerprint density at radius 1 is 1.25 bits per heavy atom. The molecule has 0 aliphatic carbocycles. The Labute approximate surface area is 211 Å². The van der Waals surface area contributed by atoms with E-state index in [9.17, 15) is 24.0 Å². The lowest BCUT2D eigenvalue weighted by atomic mass is 9.82. The number of carbonyl (C=O) groups excluding carboxylic acids is 3. The fourth-order valence-electron chi connectivity index (χ4n) is 4.31. The predicted octanol–water partition coefficient (Wildman–Crippen LogP) is 3.59. The Bertz CT molecular complexity index is 1390. The molecule has 2 aromatic rings. The highest BCUT2D eigenvalue weighted by Gasteiger charge is 2.48. The molecule has 4 rings (SSSR count). The first-order valence-electron chi connectivity index (χ1n) is 11.0. The standard InChI is InChI=1S/C26H23FN4O4S/c1-13-7-8-18(14(2)9-13)30-24(33)22-21(15-5-4-6-16(27)10-15)17(12-28)23(29)31-25(34)19(36-26(22)31)11-20(32)35-3/h4-10,19,21H,11,29H2,1-3H3,(H,30,33)/t19-,21-/m0/s1. The van der Waals surface area contributed by atoms with Gasteiger partial charge in [0.2, 0.25) is 5.91 Å². The van der Waals surface area contributed by atoms with E-state index in [0.717, 1.165) is 27.8 Å². The van der Waals surface area contributed by atoms with Crippen molar-refractivity contribution in [1.82, 2.24) is 4.90 Å². The van der Waals surface area contributed by atoms with Crippen molar-refractivity contribution in [2.75, 3.05) is 12.4 Å².